The van der Waals surface area contributed by atoms with Crippen molar-refractivity contribution >= 4 is 0 Å². The highest BCUT2D eigenvalue weighted by Crippen LogP contribution is 2.32. The zero-order valence-corrected chi connectivity index (χ0v) is 10.8. The van der Waals surface area contributed by atoms with E-state index in [0.29, 0.717) is 11.8 Å². The summed E-state index contributed by atoms with van der Waals surface area (Å²) in [6.45, 7) is 1.60. The van der Waals surface area contributed by atoms with Crippen molar-refractivity contribution in [2.75, 3.05) is 13.2 Å². The van der Waals surface area contributed by atoms with E-state index in [2.05, 4.69) is 0 Å². The molecule has 0 aromatic heterocycles. The first-order chi connectivity index (χ1) is 8.31. The van der Waals surface area contributed by atoms with E-state index >= 15 is 0 Å². The number of aliphatic hydroxyl groups is 1. The van der Waals surface area contributed by atoms with E-state index in [1.54, 1.807) is 0 Å². The Hall–Kier alpha value is -0.120. The van der Waals surface area contributed by atoms with Crippen molar-refractivity contribution in [1.29, 1.82) is 0 Å². The molecular formula is C14H27NO2. The van der Waals surface area contributed by atoms with Gasteiger partial charge in [0, 0.05) is 0 Å². The molecule has 0 bridgehead atoms. The predicted molar refractivity (Wildman–Crippen MR) is 68.7 cm³/mol. The standard InChI is InChI=1S/C14H27NO2/c15-9-11-5-4-6-12(11)10-17-14-8-3-1-2-7-13(14)16/h11-14,16H,1-10,15H2. The molecule has 2 saturated carbocycles. The summed E-state index contributed by atoms with van der Waals surface area (Å²) in [4.78, 5) is 0. The molecule has 0 amide bonds. The molecule has 0 aliphatic heterocycles. The van der Waals surface area contributed by atoms with Crippen LogP contribution in [-0.2, 0) is 4.74 Å². The number of hydrogen-bond donors (Lipinski definition) is 2. The Morgan fingerprint density at radius 3 is 2.53 bits per heavy atom. The maximum atomic E-state index is 10.00. The second kappa shape index (κ2) is 6.72. The number of hydrogen-bond acceptors (Lipinski definition) is 3. The van der Waals surface area contributed by atoms with Crippen LogP contribution >= 0.6 is 0 Å². The lowest BCUT2D eigenvalue weighted by molar-refractivity contribution is -0.0554. The van der Waals surface area contributed by atoms with Gasteiger partial charge in [0.25, 0.3) is 0 Å². The molecule has 0 saturated heterocycles. The van der Waals surface area contributed by atoms with Gasteiger partial charge in [0.05, 0.1) is 18.8 Å². The second-order valence-corrected chi connectivity index (χ2v) is 5.76. The molecule has 0 heterocycles. The van der Waals surface area contributed by atoms with E-state index < -0.39 is 0 Å². The first-order valence-electron chi connectivity index (χ1n) is 7.31. The molecule has 2 aliphatic carbocycles. The predicted octanol–water partition coefficient (Wildman–Crippen LogP) is 2.07. The fraction of sp³-hybridized carbons (Fsp3) is 1.00. The number of ether oxygens (including phenoxy) is 1. The summed E-state index contributed by atoms with van der Waals surface area (Å²) in [5, 5.41) is 10.00. The van der Waals surface area contributed by atoms with Gasteiger partial charge < -0.3 is 15.6 Å². The molecule has 0 aromatic rings. The number of nitrogens with two attached hydrogens (primary N) is 1. The molecule has 4 unspecified atom stereocenters. The van der Waals surface area contributed by atoms with E-state index in [4.69, 9.17) is 10.5 Å². The van der Waals surface area contributed by atoms with Gasteiger partial charge in [0.1, 0.15) is 0 Å². The topological polar surface area (TPSA) is 55.5 Å². The van der Waals surface area contributed by atoms with E-state index in [0.717, 1.165) is 32.4 Å². The molecule has 0 spiro atoms. The van der Waals surface area contributed by atoms with Crippen molar-refractivity contribution in [3.8, 4) is 0 Å². The summed E-state index contributed by atoms with van der Waals surface area (Å²) in [6, 6.07) is 0. The maximum Gasteiger partial charge on any atom is 0.0834 e. The molecule has 2 fully saturated rings. The summed E-state index contributed by atoms with van der Waals surface area (Å²) in [5.41, 5.74) is 5.78. The minimum absolute atomic E-state index is 0.0801. The smallest absolute Gasteiger partial charge is 0.0834 e. The lowest BCUT2D eigenvalue weighted by Gasteiger charge is -2.25. The lowest BCUT2D eigenvalue weighted by Crippen LogP contribution is -2.31. The van der Waals surface area contributed by atoms with E-state index in [-0.39, 0.29) is 12.2 Å². The summed E-state index contributed by atoms with van der Waals surface area (Å²) in [7, 11) is 0. The molecule has 4 atom stereocenters. The van der Waals surface area contributed by atoms with Crippen LogP contribution in [0.25, 0.3) is 0 Å². The molecule has 2 rings (SSSR count). The van der Waals surface area contributed by atoms with Crippen molar-refractivity contribution in [3.05, 3.63) is 0 Å². The molecule has 3 nitrogen and oxygen atoms in total. The van der Waals surface area contributed by atoms with Crippen LogP contribution in [0.3, 0.4) is 0 Å². The fourth-order valence-electron chi connectivity index (χ4n) is 3.34. The van der Waals surface area contributed by atoms with Gasteiger partial charge in [-0.1, -0.05) is 25.7 Å². The number of aliphatic hydroxyl groups excluding tert-OH is 1. The normalized spacial score (nSPS) is 39.2. The van der Waals surface area contributed by atoms with Gasteiger partial charge in [-0.15, -0.1) is 0 Å². The highest BCUT2D eigenvalue weighted by molar-refractivity contribution is 4.79. The summed E-state index contributed by atoms with van der Waals surface area (Å²) >= 11 is 0. The largest absolute Gasteiger partial charge is 0.390 e. The van der Waals surface area contributed by atoms with Gasteiger partial charge in [-0.2, -0.15) is 0 Å². The Balaban J connectivity index is 1.76. The number of rotatable bonds is 4. The zero-order chi connectivity index (χ0) is 12.1. The first kappa shape index (κ1) is 13.3. The summed E-state index contributed by atoms with van der Waals surface area (Å²) in [6.07, 6.45) is 9.18. The molecule has 17 heavy (non-hydrogen) atoms. The van der Waals surface area contributed by atoms with Crippen LogP contribution in [0.2, 0.25) is 0 Å². The third kappa shape index (κ3) is 3.67. The molecular weight excluding hydrogens is 214 g/mol. The Kier molecular flexibility index (Phi) is 5.26. The SMILES string of the molecule is NCC1CCCC1COC1CCCCCC1O. The summed E-state index contributed by atoms with van der Waals surface area (Å²) in [5.74, 6) is 1.29. The second-order valence-electron chi connectivity index (χ2n) is 5.76. The van der Waals surface area contributed by atoms with Gasteiger partial charge in [-0.25, -0.2) is 0 Å². The Bertz CT molecular complexity index is 222. The Labute approximate surface area is 105 Å². The Morgan fingerprint density at radius 2 is 1.71 bits per heavy atom. The van der Waals surface area contributed by atoms with Gasteiger partial charge in [0.2, 0.25) is 0 Å². The van der Waals surface area contributed by atoms with Crippen molar-refractivity contribution in [2.45, 2.75) is 63.6 Å². The molecule has 0 radical (unpaired) electrons. The third-order valence-electron chi connectivity index (χ3n) is 4.56. The zero-order valence-electron chi connectivity index (χ0n) is 10.8. The van der Waals surface area contributed by atoms with Crippen LogP contribution in [0, 0.1) is 11.8 Å². The maximum absolute atomic E-state index is 10.00. The van der Waals surface area contributed by atoms with Crippen molar-refractivity contribution in [1.82, 2.24) is 0 Å². The summed E-state index contributed by atoms with van der Waals surface area (Å²) < 4.78 is 5.99. The van der Waals surface area contributed by atoms with Crippen LogP contribution in [0.15, 0.2) is 0 Å². The molecule has 3 heteroatoms. The average Bonchev–Trinajstić information content (AvgIpc) is 2.70. The molecule has 100 valence electrons. The van der Waals surface area contributed by atoms with Gasteiger partial charge >= 0.3 is 0 Å². The third-order valence-corrected chi connectivity index (χ3v) is 4.56. The minimum atomic E-state index is -0.241. The Morgan fingerprint density at radius 1 is 0.941 bits per heavy atom. The van der Waals surface area contributed by atoms with Crippen LogP contribution in [-0.4, -0.2) is 30.5 Å². The van der Waals surface area contributed by atoms with Crippen molar-refractivity contribution in [3.63, 3.8) is 0 Å². The van der Waals surface area contributed by atoms with Crippen molar-refractivity contribution in [2.24, 2.45) is 17.6 Å². The van der Waals surface area contributed by atoms with Crippen LogP contribution < -0.4 is 5.73 Å². The first-order valence-corrected chi connectivity index (χ1v) is 7.31. The highest BCUT2D eigenvalue weighted by Gasteiger charge is 2.29. The van der Waals surface area contributed by atoms with Crippen LogP contribution in [0.5, 0.6) is 0 Å². The monoisotopic (exact) mass is 241 g/mol. The van der Waals surface area contributed by atoms with E-state index in [9.17, 15) is 5.11 Å². The molecule has 2 aliphatic rings. The fourth-order valence-corrected chi connectivity index (χ4v) is 3.34. The molecule has 0 aromatic carbocycles. The average molecular weight is 241 g/mol. The lowest BCUT2D eigenvalue weighted by atomic mass is 9.97. The van der Waals surface area contributed by atoms with Crippen molar-refractivity contribution < 1.29 is 9.84 Å². The minimum Gasteiger partial charge on any atom is -0.390 e. The quantitative estimate of drug-likeness (QED) is 0.741. The van der Waals surface area contributed by atoms with Gasteiger partial charge in [-0.3, -0.25) is 0 Å². The highest BCUT2D eigenvalue weighted by atomic mass is 16.5. The van der Waals surface area contributed by atoms with Gasteiger partial charge in [-0.05, 0) is 44.1 Å². The van der Waals surface area contributed by atoms with Crippen LogP contribution in [0.4, 0.5) is 0 Å². The molecule has 3 N–H and O–H groups in total. The van der Waals surface area contributed by atoms with E-state index in [1.807, 2.05) is 0 Å². The van der Waals surface area contributed by atoms with Gasteiger partial charge in [0.15, 0.2) is 0 Å². The van der Waals surface area contributed by atoms with Crippen LogP contribution in [0.1, 0.15) is 51.4 Å². The van der Waals surface area contributed by atoms with E-state index in [1.165, 1.54) is 32.1 Å².